The Labute approximate surface area is 129 Å². The molecule has 3 rings (SSSR count). The quantitative estimate of drug-likeness (QED) is 0.855. The monoisotopic (exact) mass is 298 g/mol. The van der Waals surface area contributed by atoms with E-state index in [1.54, 1.807) is 24.3 Å². The van der Waals surface area contributed by atoms with E-state index in [2.05, 4.69) is 0 Å². The molecule has 0 amide bonds. The molecule has 1 aliphatic carbocycles. The fraction of sp³-hybridized carbons (Fsp3) is 0.278. The van der Waals surface area contributed by atoms with Gasteiger partial charge in [-0.3, -0.25) is 4.79 Å². The maximum absolute atomic E-state index is 12.6. The lowest BCUT2D eigenvalue weighted by molar-refractivity contribution is 0.0906. The average molecular weight is 298 g/mol. The van der Waals surface area contributed by atoms with Gasteiger partial charge in [-0.05, 0) is 54.7 Å². The molecular weight excluding hydrogens is 280 g/mol. The number of fused-ring (bicyclic) bond motifs is 1. The maximum Gasteiger partial charge on any atom is 0.170 e. The summed E-state index contributed by atoms with van der Waals surface area (Å²) in [6, 6.07) is 10.0. The highest BCUT2D eigenvalue weighted by Gasteiger charge is 2.27. The maximum atomic E-state index is 12.6. The number of hydrogen-bond acceptors (Lipinski definition) is 4. The molecule has 1 unspecified atom stereocenters. The minimum atomic E-state index is -0.142. The van der Waals surface area contributed by atoms with E-state index in [1.165, 1.54) is 13.2 Å². The highest BCUT2D eigenvalue weighted by atomic mass is 16.5. The van der Waals surface area contributed by atoms with Crippen LogP contribution in [0.15, 0.2) is 36.4 Å². The second-order valence-corrected chi connectivity index (χ2v) is 5.64. The predicted molar refractivity (Wildman–Crippen MR) is 82.6 cm³/mol. The Hall–Kier alpha value is -2.49. The van der Waals surface area contributed by atoms with Crippen molar-refractivity contribution in [3.63, 3.8) is 0 Å². The molecule has 2 aromatic rings. The van der Waals surface area contributed by atoms with Gasteiger partial charge in [0.25, 0.3) is 0 Å². The number of aryl methyl sites for hydroxylation is 1. The van der Waals surface area contributed by atoms with Gasteiger partial charge in [-0.1, -0.05) is 6.07 Å². The fourth-order valence-corrected chi connectivity index (χ4v) is 3.03. The zero-order chi connectivity index (χ0) is 15.7. The first-order valence-corrected chi connectivity index (χ1v) is 7.30. The molecule has 0 radical (unpaired) electrons. The smallest absolute Gasteiger partial charge is 0.170 e. The Balaban J connectivity index is 1.83. The molecule has 1 aliphatic rings. The third-order valence-corrected chi connectivity index (χ3v) is 4.26. The van der Waals surface area contributed by atoms with Gasteiger partial charge in [-0.15, -0.1) is 0 Å². The van der Waals surface area contributed by atoms with Gasteiger partial charge in [0.2, 0.25) is 0 Å². The van der Waals surface area contributed by atoms with E-state index < -0.39 is 0 Å². The molecule has 0 aliphatic heterocycles. The Bertz CT molecular complexity index is 721. The van der Waals surface area contributed by atoms with Crippen LogP contribution in [0.5, 0.6) is 17.2 Å². The highest BCUT2D eigenvalue weighted by Crippen LogP contribution is 2.33. The Morgan fingerprint density at radius 2 is 1.95 bits per heavy atom. The van der Waals surface area contributed by atoms with Crippen molar-refractivity contribution in [2.75, 3.05) is 7.11 Å². The minimum absolute atomic E-state index is 0.0409. The SMILES string of the molecule is COc1ccc(C(=O)C2CCc3cc(O)ccc3C2)c(O)c1. The summed E-state index contributed by atoms with van der Waals surface area (Å²) < 4.78 is 5.04. The lowest BCUT2D eigenvalue weighted by Gasteiger charge is -2.24. The molecular formula is C18H18O4. The molecule has 114 valence electrons. The number of benzene rings is 2. The molecule has 0 spiro atoms. The molecule has 4 heteroatoms. The topological polar surface area (TPSA) is 66.8 Å². The van der Waals surface area contributed by atoms with Crippen LogP contribution in [0.4, 0.5) is 0 Å². The Kier molecular flexibility index (Phi) is 3.75. The number of phenols is 2. The van der Waals surface area contributed by atoms with Crippen LogP contribution in [-0.4, -0.2) is 23.1 Å². The standard InChI is InChI=1S/C18H18O4/c1-22-15-6-7-16(17(20)10-15)18(21)13-3-2-12-9-14(19)5-4-11(12)8-13/h4-7,9-10,13,19-20H,2-3,8H2,1H3. The number of rotatable bonds is 3. The molecule has 22 heavy (non-hydrogen) atoms. The number of phenolic OH excluding ortho intramolecular Hbond substituents is 2. The molecule has 1 atom stereocenters. The number of aromatic hydroxyl groups is 2. The van der Waals surface area contributed by atoms with E-state index in [0.717, 1.165) is 24.0 Å². The summed E-state index contributed by atoms with van der Waals surface area (Å²) in [6.45, 7) is 0. The summed E-state index contributed by atoms with van der Waals surface area (Å²) in [4.78, 5) is 12.6. The largest absolute Gasteiger partial charge is 0.508 e. The Morgan fingerprint density at radius 1 is 1.14 bits per heavy atom. The third-order valence-electron chi connectivity index (χ3n) is 4.26. The highest BCUT2D eigenvalue weighted by molar-refractivity contribution is 6.00. The van der Waals surface area contributed by atoms with Gasteiger partial charge in [-0.25, -0.2) is 0 Å². The van der Waals surface area contributed by atoms with E-state index in [0.29, 0.717) is 17.7 Å². The van der Waals surface area contributed by atoms with Crippen molar-refractivity contribution < 1.29 is 19.7 Å². The summed E-state index contributed by atoms with van der Waals surface area (Å²) in [5.74, 6) is 0.561. The third kappa shape index (κ3) is 2.64. The Morgan fingerprint density at radius 3 is 2.68 bits per heavy atom. The molecule has 2 N–H and O–H groups in total. The summed E-state index contributed by atoms with van der Waals surface area (Å²) in [5.41, 5.74) is 2.53. The van der Waals surface area contributed by atoms with Crippen LogP contribution in [0.1, 0.15) is 27.9 Å². The van der Waals surface area contributed by atoms with Crippen molar-refractivity contribution in [1.82, 2.24) is 0 Å². The van der Waals surface area contributed by atoms with Crippen LogP contribution in [-0.2, 0) is 12.8 Å². The lowest BCUT2D eigenvalue weighted by atomic mass is 9.80. The summed E-state index contributed by atoms with van der Waals surface area (Å²) in [7, 11) is 1.52. The molecule has 0 saturated carbocycles. The van der Waals surface area contributed by atoms with E-state index in [9.17, 15) is 15.0 Å². The van der Waals surface area contributed by atoms with Gasteiger partial charge in [-0.2, -0.15) is 0 Å². The van der Waals surface area contributed by atoms with Crippen LogP contribution in [0, 0.1) is 5.92 Å². The number of carbonyl (C=O) groups excluding carboxylic acids is 1. The van der Waals surface area contributed by atoms with E-state index in [4.69, 9.17) is 4.74 Å². The molecule has 0 bridgehead atoms. The second-order valence-electron chi connectivity index (χ2n) is 5.64. The van der Waals surface area contributed by atoms with Crippen LogP contribution in [0.2, 0.25) is 0 Å². The number of methoxy groups -OCH3 is 1. The number of Topliss-reactive ketones (excluding diaryl/α,β-unsaturated/α-hetero) is 1. The van der Waals surface area contributed by atoms with Gasteiger partial charge in [0.1, 0.15) is 17.2 Å². The van der Waals surface area contributed by atoms with Crippen LogP contribution in [0.25, 0.3) is 0 Å². The molecule has 0 fully saturated rings. The average Bonchev–Trinajstić information content (AvgIpc) is 2.53. The lowest BCUT2D eigenvalue weighted by Crippen LogP contribution is -2.22. The van der Waals surface area contributed by atoms with Gasteiger partial charge in [0, 0.05) is 12.0 Å². The molecule has 4 nitrogen and oxygen atoms in total. The summed E-state index contributed by atoms with van der Waals surface area (Å²) >= 11 is 0. The molecule has 2 aromatic carbocycles. The van der Waals surface area contributed by atoms with Crippen molar-refractivity contribution in [3.05, 3.63) is 53.1 Å². The van der Waals surface area contributed by atoms with Crippen molar-refractivity contribution in [2.45, 2.75) is 19.3 Å². The van der Waals surface area contributed by atoms with Gasteiger partial charge in [0.15, 0.2) is 5.78 Å². The molecule has 0 heterocycles. The predicted octanol–water partition coefficient (Wildman–Crippen LogP) is 3.09. The molecule has 0 aromatic heterocycles. The number of hydrogen-bond donors (Lipinski definition) is 2. The first-order chi connectivity index (χ1) is 10.6. The van der Waals surface area contributed by atoms with Crippen LogP contribution >= 0.6 is 0 Å². The normalized spacial score (nSPS) is 16.9. The van der Waals surface area contributed by atoms with Crippen LogP contribution < -0.4 is 4.74 Å². The fourth-order valence-electron chi connectivity index (χ4n) is 3.03. The first-order valence-electron chi connectivity index (χ1n) is 7.30. The van der Waals surface area contributed by atoms with Crippen molar-refractivity contribution >= 4 is 5.78 Å². The van der Waals surface area contributed by atoms with Crippen molar-refractivity contribution in [2.24, 2.45) is 5.92 Å². The van der Waals surface area contributed by atoms with Crippen molar-refractivity contribution in [3.8, 4) is 17.2 Å². The number of ketones is 1. The summed E-state index contributed by atoms with van der Waals surface area (Å²) in [6.07, 6.45) is 2.12. The number of carbonyl (C=O) groups is 1. The van der Waals surface area contributed by atoms with E-state index in [1.807, 2.05) is 6.07 Å². The number of ether oxygens (including phenoxy) is 1. The van der Waals surface area contributed by atoms with E-state index in [-0.39, 0.29) is 23.2 Å². The zero-order valence-corrected chi connectivity index (χ0v) is 12.4. The van der Waals surface area contributed by atoms with Crippen molar-refractivity contribution in [1.29, 1.82) is 0 Å². The van der Waals surface area contributed by atoms with E-state index >= 15 is 0 Å². The summed E-state index contributed by atoms with van der Waals surface area (Å²) in [5, 5.41) is 19.5. The second kappa shape index (κ2) is 5.72. The van der Waals surface area contributed by atoms with Gasteiger partial charge >= 0.3 is 0 Å². The first kappa shape index (κ1) is 14.4. The van der Waals surface area contributed by atoms with Crippen LogP contribution in [0.3, 0.4) is 0 Å². The van der Waals surface area contributed by atoms with Gasteiger partial charge < -0.3 is 14.9 Å². The zero-order valence-electron chi connectivity index (χ0n) is 12.4. The van der Waals surface area contributed by atoms with Gasteiger partial charge in [0.05, 0.1) is 12.7 Å². The minimum Gasteiger partial charge on any atom is -0.508 e. The molecule has 0 saturated heterocycles.